The maximum atomic E-state index is 14.5. The predicted molar refractivity (Wildman–Crippen MR) is 100 cm³/mol. The van der Waals surface area contributed by atoms with E-state index in [2.05, 4.69) is 27.7 Å². The molecule has 136 valence electrons. The molecule has 0 spiro atoms. The van der Waals surface area contributed by atoms with Gasteiger partial charge in [0.1, 0.15) is 28.8 Å². The van der Waals surface area contributed by atoms with Crippen LogP contribution in [0.4, 0.5) is 14.6 Å². The molecule has 0 unspecified atom stereocenters. The van der Waals surface area contributed by atoms with Crippen LogP contribution in [0.1, 0.15) is 44.7 Å². The van der Waals surface area contributed by atoms with Crippen molar-refractivity contribution in [3.8, 4) is 11.3 Å². The summed E-state index contributed by atoms with van der Waals surface area (Å²) in [5, 5.41) is 3.63. The molecule has 0 amide bonds. The van der Waals surface area contributed by atoms with Gasteiger partial charge in [-0.15, -0.1) is 0 Å². The van der Waals surface area contributed by atoms with Crippen molar-refractivity contribution in [2.75, 3.05) is 5.32 Å². The Balaban J connectivity index is 1.89. The summed E-state index contributed by atoms with van der Waals surface area (Å²) in [6, 6.07) is 10.00. The summed E-state index contributed by atoms with van der Waals surface area (Å²) < 4.78 is 29.9. The molecule has 0 atom stereocenters. The van der Waals surface area contributed by atoms with E-state index < -0.39 is 11.6 Å². The standard InChI is InChI=1S/C21H23F2N3/c1-2-16-9-6-10-19-25-20(17-12-11-14(22)13-18(17)23)21(26(16)19)24-15-7-4-3-5-8-15/h6,9-13,15,24H,2-5,7-8H2,1H3. The van der Waals surface area contributed by atoms with Crippen molar-refractivity contribution in [3.05, 3.63) is 53.7 Å². The zero-order valence-corrected chi connectivity index (χ0v) is 14.9. The quantitative estimate of drug-likeness (QED) is 0.661. The number of pyridine rings is 1. The number of imidazole rings is 1. The molecule has 0 aliphatic heterocycles. The number of fused-ring (bicyclic) bond motifs is 1. The maximum Gasteiger partial charge on any atom is 0.139 e. The van der Waals surface area contributed by atoms with Crippen molar-refractivity contribution in [1.82, 2.24) is 9.38 Å². The van der Waals surface area contributed by atoms with Crippen LogP contribution in [0, 0.1) is 11.6 Å². The van der Waals surface area contributed by atoms with Gasteiger partial charge in [-0.2, -0.15) is 0 Å². The lowest BCUT2D eigenvalue weighted by Crippen LogP contribution is -2.23. The van der Waals surface area contributed by atoms with Crippen molar-refractivity contribution in [2.24, 2.45) is 0 Å². The fourth-order valence-corrected chi connectivity index (χ4v) is 3.88. The average molecular weight is 355 g/mol. The van der Waals surface area contributed by atoms with E-state index in [1.807, 2.05) is 12.1 Å². The van der Waals surface area contributed by atoms with Crippen LogP contribution in [-0.4, -0.2) is 15.4 Å². The van der Waals surface area contributed by atoms with Gasteiger partial charge in [0.2, 0.25) is 0 Å². The van der Waals surface area contributed by atoms with E-state index in [-0.39, 0.29) is 0 Å². The molecular weight excluding hydrogens is 332 g/mol. The van der Waals surface area contributed by atoms with Crippen LogP contribution in [0.25, 0.3) is 16.9 Å². The molecule has 5 heteroatoms. The van der Waals surface area contributed by atoms with E-state index in [0.717, 1.165) is 42.5 Å². The Morgan fingerprint density at radius 2 is 1.92 bits per heavy atom. The van der Waals surface area contributed by atoms with Gasteiger partial charge in [0.25, 0.3) is 0 Å². The molecule has 0 radical (unpaired) electrons. The molecule has 0 saturated heterocycles. The maximum absolute atomic E-state index is 14.5. The van der Waals surface area contributed by atoms with Crippen molar-refractivity contribution >= 4 is 11.5 Å². The van der Waals surface area contributed by atoms with Crippen molar-refractivity contribution < 1.29 is 8.78 Å². The van der Waals surface area contributed by atoms with E-state index in [1.165, 1.54) is 31.4 Å². The molecule has 4 rings (SSSR count). The molecule has 3 nitrogen and oxygen atoms in total. The smallest absolute Gasteiger partial charge is 0.139 e. The molecule has 1 saturated carbocycles. The second-order valence-electron chi connectivity index (χ2n) is 6.98. The van der Waals surface area contributed by atoms with Gasteiger partial charge in [-0.25, -0.2) is 13.8 Å². The Morgan fingerprint density at radius 1 is 1.12 bits per heavy atom. The number of halogens is 2. The fourth-order valence-electron chi connectivity index (χ4n) is 3.88. The number of nitrogens with one attached hydrogen (secondary N) is 1. The van der Waals surface area contributed by atoms with Gasteiger partial charge < -0.3 is 5.32 Å². The van der Waals surface area contributed by atoms with Crippen LogP contribution >= 0.6 is 0 Å². The largest absolute Gasteiger partial charge is 0.367 e. The van der Waals surface area contributed by atoms with Crippen molar-refractivity contribution in [1.29, 1.82) is 0 Å². The Hall–Kier alpha value is -2.43. The molecule has 1 aromatic carbocycles. The second kappa shape index (κ2) is 7.06. The van der Waals surface area contributed by atoms with E-state index in [0.29, 0.717) is 17.3 Å². The van der Waals surface area contributed by atoms with Gasteiger partial charge in [0.15, 0.2) is 0 Å². The minimum atomic E-state index is -0.585. The van der Waals surface area contributed by atoms with Crippen LogP contribution in [-0.2, 0) is 6.42 Å². The first kappa shape index (κ1) is 17.0. The summed E-state index contributed by atoms with van der Waals surface area (Å²) in [5.41, 5.74) is 2.77. The normalized spacial score (nSPS) is 15.5. The minimum Gasteiger partial charge on any atom is -0.367 e. The number of rotatable bonds is 4. The SMILES string of the molecule is CCc1cccc2nc(-c3ccc(F)cc3F)c(NC3CCCCC3)n12. The first-order valence-electron chi connectivity index (χ1n) is 9.39. The highest BCUT2D eigenvalue weighted by Crippen LogP contribution is 2.34. The predicted octanol–water partition coefficient (Wildman–Crippen LogP) is 5.59. The van der Waals surface area contributed by atoms with Gasteiger partial charge in [0.05, 0.1) is 0 Å². The third-order valence-corrected chi connectivity index (χ3v) is 5.22. The van der Waals surface area contributed by atoms with E-state index in [1.54, 1.807) is 0 Å². The highest BCUT2D eigenvalue weighted by atomic mass is 19.1. The Labute approximate surface area is 152 Å². The number of hydrogen-bond acceptors (Lipinski definition) is 2. The first-order chi connectivity index (χ1) is 12.7. The van der Waals surface area contributed by atoms with Gasteiger partial charge in [-0.3, -0.25) is 4.40 Å². The van der Waals surface area contributed by atoms with Crippen LogP contribution < -0.4 is 5.32 Å². The second-order valence-corrected chi connectivity index (χ2v) is 6.98. The molecule has 2 heterocycles. The molecule has 1 fully saturated rings. The lowest BCUT2D eigenvalue weighted by molar-refractivity contribution is 0.461. The average Bonchev–Trinajstić information content (AvgIpc) is 3.01. The summed E-state index contributed by atoms with van der Waals surface area (Å²) in [4.78, 5) is 4.69. The molecule has 3 aromatic rings. The number of aryl methyl sites for hydroxylation is 1. The highest BCUT2D eigenvalue weighted by Gasteiger charge is 2.22. The number of hydrogen-bond donors (Lipinski definition) is 1. The number of aromatic nitrogens is 2. The van der Waals surface area contributed by atoms with Crippen molar-refractivity contribution in [2.45, 2.75) is 51.5 Å². The molecule has 1 N–H and O–H groups in total. The summed E-state index contributed by atoms with van der Waals surface area (Å²) >= 11 is 0. The molecular formula is C21H23F2N3. The van der Waals surface area contributed by atoms with Gasteiger partial charge in [-0.05, 0) is 43.5 Å². The zero-order chi connectivity index (χ0) is 18.1. The summed E-state index contributed by atoms with van der Waals surface area (Å²) in [7, 11) is 0. The minimum absolute atomic E-state index is 0.329. The van der Waals surface area contributed by atoms with Gasteiger partial charge in [-0.1, -0.05) is 32.3 Å². The lowest BCUT2D eigenvalue weighted by Gasteiger charge is -2.24. The molecule has 0 bridgehead atoms. The first-order valence-corrected chi connectivity index (χ1v) is 9.39. The summed E-state index contributed by atoms with van der Waals surface area (Å²) in [6.07, 6.45) is 6.73. The third kappa shape index (κ3) is 3.06. The Kier molecular flexibility index (Phi) is 4.62. The number of nitrogens with zero attached hydrogens (tertiary/aromatic N) is 2. The van der Waals surface area contributed by atoms with Gasteiger partial charge >= 0.3 is 0 Å². The van der Waals surface area contributed by atoms with E-state index >= 15 is 0 Å². The number of anilines is 1. The topological polar surface area (TPSA) is 29.3 Å². The van der Waals surface area contributed by atoms with E-state index in [4.69, 9.17) is 0 Å². The van der Waals surface area contributed by atoms with Crippen LogP contribution in [0.2, 0.25) is 0 Å². The van der Waals surface area contributed by atoms with E-state index in [9.17, 15) is 8.78 Å². The molecule has 26 heavy (non-hydrogen) atoms. The van der Waals surface area contributed by atoms with Crippen LogP contribution in [0.15, 0.2) is 36.4 Å². The summed E-state index contributed by atoms with van der Waals surface area (Å²) in [6.45, 7) is 2.09. The molecule has 1 aliphatic rings. The monoisotopic (exact) mass is 355 g/mol. The summed E-state index contributed by atoms with van der Waals surface area (Å²) in [5.74, 6) is -0.348. The zero-order valence-electron chi connectivity index (χ0n) is 14.9. The third-order valence-electron chi connectivity index (χ3n) is 5.22. The Morgan fingerprint density at radius 3 is 2.65 bits per heavy atom. The van der Waals surface area contributed by atoms with Crippen LogP contribution in [0.3, 0.4) is 0 Å². The molecule has 1 aliphatic carbocycles. The van der Waals surface area contributed by atoms with Gasteiger partial charge in [0, 0.05) is 23.4 Å². The van der Waals surface area contributed by atoms with Crippen LogP contribution in [0.5, 0.6) is 0 Å². The highest BCUT2D eigenvalue weighted by molar-refractivity contribution is 5.77. The lowest BCUT2D eigenvalue weighted by atomic mass is 9.95. The Bertz CT molecular complexity index is 926. The fraction of sp³-hybridized carbons (Fsp3) is 0.381. The number of benzene rings is 1. The molecule has 2 aromatic heterocycles. The van der Waals surface area contributed by atoms with Crippen molar-refractivity contribution in [3.63, 3.8) is 0 Å².